The molecule has 4 rings (SSSR count). The smallest absolute Gasteiger partial charge is 0.149 e. The lowest BCUT2D eigenvalue weighted by molar-refractivity contribution is 0.429. The van der Waals surface area contributed by atoms with Crippen LogP contribution in [0.5, 0.6) is 0 Å². The van der Waals surface area contributed by atoms with Gasteiger partial charge in [0.25, 0.3) is 0 Å². The highest BCUT2D eigenvalue weighted by Gasteiger charge is 2.29. The first-order chi connectivity index (χ1) is 12.3. The molecule has 0 atom stereocenters. The van der Waals surface area contributed by atoms with Crippen molar-refractivity contribution in [3.05, 3.63) is 35.5 Å². The first kappa shape index (κ1) is 18.2. The molecule has 0 bridgehead atoms. The molecule has 4 aromatic rings. The number of hydrogen-bond acceptors (Lipinski definition) is 3. The molecule has 3 nitrogen and oxygen atoms in total. The normalized spacial score (nSPS) is 14.1. The number of furan rings is 3. The Labute approximate surface area is 160 Å². The van der Waals surface area contributed by atoms with E-state index in [1.807, 2.05) is 0 Å². The first-order valence-electron chi connectivity index (χ1n) is 9.71. The monoisotopic (exact) mass is 366 g/mol. The zero-order valence-corrected chi connectivity index (χ0v) is 18.0. The molecular formula is C24H30O3. The van der Waals surface area contributed by atoms with Crippen LogP contribution in [0.3, 0.4) is 0 Å². The van der Waals surface area contributed by atoms with Gasteiger partial charge in [0.2, 0.25) is 0 Å². The minimum Gasteiger partial charge on any atom is -0.460 e. The van der Waals surface area contributed by atoms with Crippen molar-refractivity contribution in [3.63, 3.8) is 0 Å². The van der Waals surface area contributed by atoms with Gasteiger partial charge in [0.1, 0.15) is 34.0 Å². The quantitative estimate of drug-likeness (QED) is 0.318. The lowest BCUT2D eigenvalue weighted by Crippen LogP contribution is -2.09. The average molecular weight is 367 g/mol. The summed E-state index contributed by atoms with van der Waals surface area (Å²) in [7, 11) is 0. The second-order valence-corrected chi connectivity index (χ2v) is 10.8. The average Bonchev–Trinajstić information content (AvgIpc) is 3.19. The zero-order chi connectivity index (χ0) is 19.9. The van der Waals surface area contributed by atoms with E-state index in [9.17, 15) is 0 Å². The van der Waals surface area contributed by atoms with Crippen molar-refractivity contribution in [2.24, 2.45) is 0 Å². The maximum atomic E-state index is 6.35. The molecule has 0 aliphatic heterocycles. The van der Waals surface area contributed by atoms with Gasteiger partial charge in [-0.3, -0.25) is 0 Å². The highest BCUT2D eigenvalue weighted by atomic mass is 16.4. The maximum absolute atomic E-state index is 6.35. The molecule has 0 spiro atoms. The fraction of sp³-hybridized carbons (Fsp3) is 0.500. The van der Waals surface area contributed by atoms with Crippen molar-refractivity contribution in [3.8, 4) is 0 Å². The molecule has 0 aliphatic rings. The van der Waals surface area contributed by atoms with Crippen LogP contribution >= 0.6 is 0 Å². The fourth-order valence-corrected chi connectivity index (χ4v) is 3.39. The zero-order valence-electron chi connectivity index (χ0n) is 18.0. The summed E-state index contributed by atoms with van der Waals surface area (Å²) >= 11 is 0. The van der Waals surface area contributed by atoms with Gasteiger partial charge in [0.15, 0.2) is 0 Å². The third-order valence-corrected chi connectivity index (χ3v) is 5.15. The van der Waals surface area contributed by atoms with E-state index in [4.69, 9.17) is 13.3 Å². The highest BCUT2D eigenvalue weighted by Crippen LogP contribution is 2.44. The maximum Gasteiger partial charge on any atom is 0.149 e. The summed E-state index contributed by atoms with van der Waals surface area (Å²) in [4.78, 5) is 0. The summed E-state index contributed by atoms with van der Waals surface area (Å²) < 4.78 is 19.1. The molecule has 0 aliphatic carbocycles. The van der Waals surface area contributed by atoms with Crippen molar-refractivity contribution >= 4 is 32.9 Å². The van der Waals surface area contributed by atoms with Crippen LogP contribution in [-0.4, -0.2) is 0 Å². The van der Waals surface area contributed by atoms with Crippen molar-refractivity contribution < 1.29 is 13.3 Å². The van der Waals surface area contributed by atoms with Crippen LogP contribution in [0, 0.1) is 0 Å². The number of rotatable bonds is 0. The Morgan fingerprint density at radius 3 is 0.852 bits per heavy atom. The largest absolute Gasteiger partial charge is 0.460 e. The summed E-state index contributed by atoms with van der Waals surface area (Å²) in [5.41, 5.74) is 2.35. The van der Waals surface area contributed by atoms with E-state index in [1.54, 1.807) is 0 Å². The second-order valence-electron chi connectivity index (χ2n) is 10.8. The predicted molar refractivity (Wildman–Crippen MR) is 112 cm³/mol. The van der Waals surface area contributed by atoms with Gasteiger partial charge in [-0.2, -0.15) is 0 Å². The lowest BCUT2D eigenvalue weighted by atomic mass is 9.92. The topological polar surface area (TPSA) is 39.4 Å². The fourth-order valence-electron chi connectivity index (χ4n) is 3.39. The minimum atomic E-state index is -0.0757. The molecule has 0 saturated heterocycles. The Morgan fingerprint density at radius 2 is 0.667 bits per heavy atom. The van der Waals surface area contributed by atoms with Crippen molar-refractivity contribution in [2.75, 3.05) is 0 Å². The van der Waals surface area contributed by atoms with Gasteiger partial charge in [-0.05, 0) is 18.2 Å². The molecule has 3 heterocycles. The Hall–Kier alpha value is -2.16. The standard InChI is InChI=1S/C24H30O3/c1-22(2,3)16-10-13-19(25-16)14-11-17(23(4,5)6)27-21(14)15-12-18(24(7,8)9)26-20(13)15/h10-12H,1-9H3. The molecule has 144 valence electrons. The number of fused-ring (bicyclic) bond motifs is 6. The highest BCUT2D eigenvalue weighted by molar-refractivity contribution is 6.20. The predicted octanol–water partition coefficient (Wildman–Crippen LogP) is 7.82. The number of hydrogen-bond donors (Lipinski definition) is 0. The van der Waals surface area contributed by atoms with E-state index in [0.29, 0.717) is 0 Å². The SMILES string of the molecule is CC(C)(C)c1cc2c(o1)c1cc(C(C)(C)C)oc1c1cc(C(C)(C)C)oc21. The van der Waals surface area contributed by atoms with Crippen LogP contribution in [0.4, 0.5) is 0 Å². The van der Waals surface area contributed by atoms with Crippen molar-refractivity contribution in [1.82, 2.24) is 0 Å². The summed E-state index contributed by atoms with van der Waals surface area (Å²) in [5.74, 6) is 2.87. The van der Waals surface area contributed by atoms with Crippen LogP contribution in [0.15, 0.2) is 31.5 Å². The molecule has 1 aromatic carbocycles. The van der Waals surface area contributed by atoms with Crippen molar-refractivity contribution in [2.45, 2.75) is 78.6 Å². The molecule has 27 heavy (non-hydrogen) atoms. The van der Waals surface area contributed by atoms with E-state index in [1.165, 1.54) is 0 Å². The van der Waals surface area contributed by atoms with E-state index in [0.717, 1.165) is 50.2 Å². The molecule has 0 amide bonds. The van der Waals surface area contributed by atoms with Gasteiger partial charge < -0.3 is 13.3 Å². The summed E-state index contributed by atoms with van der Waals surface area (Å²) in [6.07, 6.45) is 0. The Balaban J connectivity index is 2.19. The van der Waals surface area contributed by atoms with Gasteiger partial charge in [-0.1, -0.05) is 62.3 Å². The van der Waals surface area contributed by atoms with Crippen molar-refractivity contribution in [1.29, 1.82) is 0 Å². The molecule has 0 radical (unpaired) electrons. The van der Waals surface area contributed by atoms with Gasteiger partial charge in [-0.25, -0.2) is 0 Å². The van der Waals surface area contributed by atoms with Crippen LogP contribution in [-0.2, 0) is 16.2 Å². The van der Waals surface area contributed by atoms with E-state index in [2.05, 4.69) is 80.5 Å². The van der Waals surface area contributed by atoms with Crippen LogP contribution in [0.1, 0.15) is 79.6 Å². The Morgan fingerprint density at radius 1 is 0.444 bits per heavy atom. The lowest BCUT2D eigenvalue weighted by Gasteiger charge is -2.13. The van der Waals surface area contributed by atoms with Gasteiger partial charge >= 0.3 is 0 Å². The molecule has 3 aromatic heterocycles. The minimum absolute atomic E-state index is 0.0757. The van der Waals surface area contributed by atoms with E-state index < -0.39 is 0 Å². The van der Waals surface area contributed by atoms with Gasteiger partial charge in [0.05, 0.1) is 16.2 Å². The summed E-state index contributed by atoms with van der Waals surface area (Å²) in [6.45, 7) is 19.5. The summed E-state index contributed by atoms with van der Waals surface area (Å²) in [6, 6.07) is 6.41. The third kappa shape index (κ3) is 2.79. The van der Waals surface area contributed by atoms with E-state index >= 15 is 0 Å². The second kappa shape index (κ2) is 5.21. The molecular weight excluding hydrogens is 336 g/mol. The number of benzene rings is 1. The van der Waals surface area contributed by atoms with Crippen LogP contribution in [0.25, 0.3) is 32.9 Å². The first-order valence-corrected chi connectivity index (χ1v) is 9.71. The molecule has 0 fully saturated rings. The summed E-state index contributed by atoms with van der Waals surface area (Å²) in [5, 5.41) is 3.08. The Kier molecular flexibility index (Phi) is 3.52. The van der Waals surface area contributed by atoms with E-state index in [-0.39, 0.29) is 16.2 Å². The van der Waals surface area contributed by atoms with Gasteiger partial charge in [-0.15, -0.1) is 0 Å². The molecule has 0 saturated carbocycles. The molecule has 0 unspecified atom stereocenters. The van der Waals surface area contributed by atoms with Gasteiger partial charge in [0, 0.05) is 16.2 Å². The molecule has 3 heteroatoms. The third-order valence-electron chi connectivity index (χ3n) is 5.15. The van der Waals surface area contributed by atoms with Crippen LogP contribution < -0.4 is 0 Å². The molecule has 0 N–H and O–H groups in total. The Bertz CT molecular complexity index is 912. The van der Waals surface area contributed by atoms with Crippen LogP contribution in [0.2, 0.25) is 0 Å².